The molecule has 120 valence electrons. The maximum Gasteiger partial charge on any atom is 0.323 e. The van der Waals surface area contributed by atoms with Gasteiger partial charge in [-0.25, -0.2) is 4.79 Å². The molecule has 0 bridgehead atoms. The van der Waals surface area contributed by atoms with E-state index in [1.807, 2.05) is 24.3 Å². The van der Waals surface area contributed by atoms with Crippen molar-refractivity contribution in [2.75, 3.05) is 41.8 Å². The molecule has 2 N–H and O–H groups in total. The second-order valence-electron chi connectivity index (χ2n) is 5.20. The molecular weight excluding hydrogens is 314 g/mol. The van der Waals surface area contributed by atoms with Gasteiger partial charge in [0.15, 0.2) is 0 Å². The number of carbonyl (C=O) groups excluding carboxylic acids is 1. The van der Waals surface area contributed by atoms with Crippen molar-refractivity contribution in [3.63, 3.8) is 0 Å². The molecule has 2 amide bonds. The van der Waals surface area contributed by atoms with E-state index in [0.29, 0.717) is 23.9 Å². The zero-order valence-corrected chi connectivity index (χ0v) is 13.3. The quantitative estimate of drug-likeness (QED) is 0.899. The van der Waals surface area contributed by atoms with Gasteiger partial charge in [0.25, 0.3) is 0 Å². The van der Waals surface area contributed by atoms with Gasteiger partial charge in [-0.3, -0.25) is 0 Å². The van der Waals surface area contributed by atoms with Crippen molar-refractivity contribution in [2.45, 2.75) is 0 Å². The smallest absolute Gasteiger partial charge is 0.323 e. The number of rotatable bonds is 3. The van der Waals surface area contributed by atoms with Gasteiger partial charge in [-0.15, -0.1) is 0 Å². The third kappa shape index (κ3) is 4.15. The molecule has 23 heavy (non-hydrogen) atoms. The lowest BCUT2D eigenvalue weighted by Crippen LogP contribution is -2.36. The van der Waals surface area contributed by atoms with Gasteiger partial charge >= 0.3 is 6.03 Å². The molecule has 1 aliphatic heterocycles. The van der Waals surface area contributed by atoms with Crippen molar-refractivity contribution in [3.8, 4) is 0 Å². The number of morpholine rings is 1. The summed E-state index contributed by atoms with van der Waals surface area (Å²) in [5.74, 6) is 0. The maximum absolute atomic E-state index is 12.2. The Morgan fingerprint density at radius 1 is 1.00 bits per heavy atom. The molecule has 1 aliphatic rings. The molecule has 2 aromatic rings. The lowest BCUT2D eigenvalue weighted by molar-refractivity contribution is 0.123. The van der Waals surface area contributed by atoms with Crippen LogP contribution in [0.25, 0.3) is 0 Å². The number of benzene rings is 2. The molecule has 1 fully saturated rings. The molecule has 0 unspecified atom stereocenters. The van der Waals surface area contributed by atoms with Crippen LogP contribution in [-0.4, -0.2) is 32.3 Å². The van der Waals surface area contributed by atoms with Crippen molar-refractivity contribution in [2.24, 2.45) is 0 Å². The first kappa shape index (κ1) is 15.6. The van der Waals surface area contributed by atoms with Gasteiger partial charge < -0.3 is 20.3 Å². The van der Waals surface area contributed by atoms with Crippen LogP contribution in [0, 0.1) is 0 Å². The number of urea groups is 1. The zero-order chi connectivity index (χ0) is 16.1. The Morgan fingerprint density at radius 3 is 2.43 bits per heavy atom. The number of nitrogens with one attached hydrogen (secondary N) is 2. The van der Waals surface area contributed by atoms with E-state index in [2.05, 4.69) is 15.5 Å². The van der Waals surface area contributed by atoms with E-state index in [4.69, 9.17) is 16.3 Å². The van der Waals surface area contributed by atoms with E-state index in [9.17, 15) is 4.79 Å². The number of anilines is 3. The Labute approximate surface area is 140 Å². The van der Waals surface area contributed by atoms with Crippen LogP contribution < -0.4 is 15.5 Å². The fourth-order valence-electron chi connectivity index (χ4n) is 2.48. The largest absolute Gasteiger partial charge is 0.378 e. The molecule has 6 heteroatoms. The first-order valence-corrected chi connectivity index (χ1v) is 7.85. The Hall–Kier alpha value is -2.24. The minimum atomic E-state index is -0.284. The average Bonchev–Trinajstić information content (AvgIpc) is 2.58. The topological polar surface area (TPSA) is 53.6 Å². The van der Waals surface area contributed by atoms with E-state index in [1.54, 1.807) is 24.3 Å². The number of nitrogens with zero attached hydrogens (tertiary/aromatic N) is 1. The van der Waals surface area contributed by atoms with Gasteiger partial charge in [0.2, 0.25) is 0 Å². The summed E-state index contributed by atoms with van der Waals surface area (Å²) in [6.45, 7) is 3.03. The minimum Gasteiger partial charge on any atom is -0.378 e. The van der Waals surface area contributed by atoms with Crippen molar-refractivity contribution in [1.82, 2.24) is 0 Å². The summed E-state index contributed by atoms with van der Waals surface area (Å²) >= 11 is 5.84. The third-order valence-electron chi connectivity index (χ3n) is 3.61. The van der Waals surface area contributed by atoms with Gasteiger partial charge in [0, 0.05) is 23.8 Å². The SMILES string of the molecule is O=C(Nc1ccc(Cl)cc1)Nc1ccccc1N1CCOCC1. The molecule has 0 radical (unpaired) electrons. The summed E-state index contributed by atoms with van der Waals surface area (Å²) in [6.07, 6.45) is 0. The Bertz CT molecular complexity index is 670. The summed E-state index contributed by atoms with van der Waals surface area (Å²) < 4.78 is 5.38. The fourth-order valence-corrected chi connectivity index (χ4v) is 2.60. The minimum absolute atomic E-state index is 0.284. The number of carbonyl (C=O) groups is 1. The molecule has 0 aromatic heterocycles. The number of hydrogen-bond acceptors (Lipinski definition) is 3. The summed E-state index contributed by atoms with van der Waals surface area (Å²) in [7, 11) is 0. The van der Waals surface area contributed by atoms with E-state index >= 15 is 0 Å². The zero-order valence-electron chi connectivity index (χ0n) is 12.6. The molecule has 1 heterocycles. The Balaban J connectivity index is 1.69. The maximum atomic E-state index is 12.2. The van der Waals surface area contributed by atoms with Crippen LogP contribution in [0.3, 0.4) is 0 Å². The number of amides is 2. The molecule has 5 nitrogen and oxygen atoms in total. The highest BCUT2D eigenvalue weighted by Crippen LogP contribution is 2.26. The normalized spacial score (nSPS) is 14.4. The highest BCUT2D eigenvalue weighted by atomic mass is 35.5. The fraction of sp³-hybridized carbons (Fsp3) is 0.235. The Morgan fingerprint density at radius 2 is 1.70 bits per heavy atom. The van der Waals surface area contributed by atoms with Crippen LogP contribution in [0.1, 0.15) is 0 Å². The van der Waals surface area contributed by atoms with Crippen LogP contribution in [0.4, 0.5) is 21.9 Å². The molecule has 0 spiro atoms. The number of para-hydroxylation sites is 2. The van der Waals surface area contributed by atoms with Gasteiger partial charge in [-0.1, -0.05) is 23.7 Å². The van der Waals surface area contributed by atoms with E-state index in [-0.39, 0.29) is 6.03 Å². The number of ether oxygens (including phenoxy) is 1. The van der Waals surface area contributed by atoms with Gasteiger partial charge in [0.1, 0.15) is 0 Å². The summed E-state index contributed by atoms with van der Waals surface area (Å²) in [6, 6.07) is 14.5. The van der Waals surface area contributed by atoms with Crippen LogP contribution in [0.5, 0.6) is 0 Å². The highest BCUT2D eigenvalue weighted by molar-refractivity contribution is 6.30. The predicted molar refractivity (Wildman–Crippen MR) is 93.6 cm³/mol. The van der Waals surface area contributed by atoms with E-state index in [0.717, 1.165) is 24.5 Å². The highest BCUT2D eigenvalue weighted by Gasteiger charge is 2.15. The van der Waals surface area contributed by atoms with E-state index < -0.39 is 0 Å². The van der Waals surface area contributed by atoms with Crippen LogP contribution >= 0.6 is 11.6 Å². The average molecular weight is 332 g/mol. The second kappa shape index (κ2) is 7.35. The monoisotopic (exact) mass is 331 g/mol. The van der Waals surface area contributed by atoms with Gasteiger partial charge in [0.05, 0.1) is 24.6 Å². The molecule has 0 atom stereocenters. The predicted octanol–water partition coefficient (Wildman–Crippen LogP) is 3.82. The number of halogens is 1. The lowest BCUT2D eigenvalue weighted by atomic mass is 10.2. The first-order valence-electron chi connectivity index (χ1n) is 7.48. The summed E-state index contributed by atoms with van der Waals surface area (Å²) in [5, 5.41) is 6.33. The first-order chi connectivity index (χ1) is 11.2. The van der Waals surface area contributed by atoms with Crippen molar-refractivity contribution >= 4 is 34.7 Å². The van der Waals surface area contributed by atoms with E-state index in [1.165, 1.54) is 0 Å². The van der Waals surface area contributed by atoms with Crippen molar-refractivity contribution < 1.29 is 9.53 Å². The molecule has 2 aromatic carbocycles. The molecule has 0 saturated carbocycles. The summed E-state index contributed by atoms with van der Waals surface area (Å²) in [4.78, 5) is 14.4. The lowest BCUT2D eigenvalue weighted by Gasteiger charge is -2.30. The Kier molecular flexibility index (Phi) is 5.00. The number of hydrogen-bond donors (Lipinski definition) is 2. The molecule has 0 aliphatic carbocycles. The van der Waals surface area contributed by atoms with Crippen molar-refractivity contribution in [3.05, 3.63) is 53.6 Å². The van der Waals surface area contributed by atoms with Gasteiger partial charge in [-0.05, 0) is 36.4 Å². The van der Waals surface area contributed by atoms with Crippen molar-refractivity contribution in [1.29, 1.82) is 0 Å². The standard InChI is InChI=1S/C17H18ClN3O2/c18-13-5-7-14(8-6-13)19-17(22)20-15-3-1-2-4-16(15)21-9-11-23-12-10-21/h1-8H,9-12H2,(H2,19,20,22). The van der Waals surface area contributed by atoms with Crippen LogP contribution in [0.15, 0.2) is 48.5 Å². The third-order valence-corrected chi connectivity index (χ3v) is 3.86. The molecular formula is C17H18ClN3O2. The second-order valence-corrected chi connectivity index (χ2v) is 5.64. The summed E-state index contributed by atoms with van der Waals surface area (Å²) in [5.41, 5.74) is 2.47. The molecule has 1 saturated heterocycles. The van der Waals surface area contributed by atoms with Gasteiger partial charge in [-0.2, -0.15) is 0 Å². The van der Waals surface area contributed by atoms with Crippen LogP contribution in [0.2, 0.25) is 5.02 Å². The molecule has 3 rings (SSSR count). The van der Waals surface area contributed by atoms with Crippen LogP contribution in [-0.2, 0) is 4.74 Å².